The van der Waals surface area contributed by atoms with E-state index in [0.717, 1.165) is 38.9 Å². The summed E-state index contributed by atoms with van der Waals surface area (Å²) in [4.78, 5) is 22.5. The number of H-pyrrole nitrogens is 1. The van der Waals surface area contributed by atoms with Crippen LogP contribution in [0.4, 0.5) is 5.69 Å². The number of hydrogen-bond donors (Lipinski definition) is 1. The third kappa shape index (κ3) is 3.37. The fraction of sp³-hybridized carbons (Fsp3) is 0.300. The predicted octanol–water partition coefficient (Wildman–Crippen LogP) is 4.66. The topological polar surface area (TPSA) is 58.2 Å². The van der Waals surface area contributed by atoms with Gasteiger partial charge in [0.1, 0.15) is 5.01 Å². The Morgan fingerprint density at radius 2 is 1.88 bits per heavy atom. The van der Waals surface area contributed by atoms with Gasteiger partial charge in [-0.15, -0.1) is 11.3 Å². The van der Waals surface area contributed by atoms with E-state index in [1.54, 1.807) is 11.3 Å². The molecule has 3 aromatic rings. The summed E-state index contributed by atoms with van der Waals surface area (Å²) in [5.74, 6) is -0.311. The summed E-state index contributed by atoms with van der Waals surface area (Å²) in [6.45, 7) is 6.00. The van der Waals surface area contributed by atoms with E-state index >= 15 is 0 Å². The van der Waals surface area contributed by atoms with E-state index in [9.17, 15) is 4.79 Å². The number of carbonyl (C=O) groups excluding carboxylic acids is 1. The molecular formula is C20H23N3O2S. The molecule has 5 nitrogen and oxygen atoms in total. The van der Waals surface area contributed by atoms with Crippen LogP contribution in [0.5, 0.6) is 0 Å². The van der Waals surface area contributed by atoms with Crippen molar-refractivity contribution in [3.05, 3.63) is 46.6 Å². The number of ether oxygens (including phenoxy) is 1. The smallest absolute Gasteiger partial charge is 0.340 e. The number of carbonyl (C=O) groups is 1. The Kier molecular flexibility index (Phi) is 5.13. The molecule has 0 aliphatic heterocycles. The summed E-state index contributed by atoms with van der Waals surface area (Å²) in [7, 11) is 4.04. The molecule has 6 heteroatoms. The number of benzene rings is 1. The first-order valence-electron chi connectivity index (χ1n) is 8.52. The molecule has 26 heavy (non-hydrogen) atoms. The molecule has 0 fully saturated rings. The average molecular weight is 369 g/mol. The standard InChI is InChI=1S/C20H23N3O2S/c1-6-25-20(24)18-13(3)21-12(2)17(18)16-11-26-19(22-16)14-7-9-15(10-8-14)23(4)5/h7-11,21H,6H2,1-5H3. The molecule has 0 saturated carbocycles. The van der Waals surface area contributed by atoms with E-state index in [2.05, 4.69) is 34.1 Å². The first-order chi connectivity index (χ1) is 12.4. The monoisotopic (exact) mass is 369 g/mol. The zero-order chi connectivity index (χ0) is 18.8. The number of aromatic amines is 1. The van der Waals surface area contributed by atoms with Crippen molar-refractivity contribution in [3.8, 4) is 21.8 Å². The van der Waals surface area contributed by atoms with Crippen LogP contribution in [0.15, 0.2) is 29.6 Å². The Morgan fingerprint density at radius 1 is 1.19 bits per heavy atom. The lowest BCUT2D eigenvalue weighted by Crippen LogP contribution is -2.07. The second kappa shape index (κ2) is 7.33. The largest absolute Gasteiger partial charge is 0.462 e. The minimum atomic E-state index is -0.311. The third-order valence-corrected chi connectivity index (χ3v) is 5.14. The fourth-order valence-corrected chi connectivity index (χ4v) is 3.80. The number of aryl methyl sites for hydroxylation is 2. The Balaban J connectivity index is 1.99. The first-order valence-corrected chi connectivity index (χ1v) is 9.40. The summed E-state index contributed by atoms with van der Waals surface area (Å²) < 4.78 is 5.22. The van der Waals surface area contributed by atoms with Crippen LogP contribution >= 0.6 is 11.3 Å². The van der Waals surface area contributed by atoms with Crippen LogP contribution in [-0.4, -0.2) is 36.6 Å². The van der Waals surface area contributed by atoms with Gasteiger partial charge in [0.05, 0.1) is 17.9 Å². The van der Waals surface area contributed by atoms with Gasteiger partial charge in [-0.2, -0.15) is 0 Å². The molecule has 0 atom stereocenters. The van der Waals surface area contributed by atoms with E-state index < -0.39 is 0 Å². The highest BCUT2D eigenvalue weighted by atomic mass is 32.1. The van der Waals surface area contributed by atoms with Crippen molar-refractivity contribution in [3.63, 3.8) is 0 Å². The van der Waals surface area contributed by atoms with Crippen molar-refractivity contribution >= 4 is 23.0 Å². The molecule has 1 aromatic carbocycles. The molecular weight excluding hydrogens is 346 g/mol. The van der Waals surface area contributed by atoms with Crippen molar-refractivity contribution in [2.45, 2.75) is 20.8 Å². The van der Waals surface area contributed by atoms with Crippen molar-refractivity contribution in [2.24, 2.45) is 0 Å². The summed E-state index contributed by atoms with van der Waals surface area (Å²) in [6.07, 6.45) is 0. The molecule has 0 aliphatic rings. The van der Waals surface area contributed by atoms with E-state index in [-0.39, 0.29) is 5.97 Å². The molecule has 136 valence electrons. The SMILES string of the molecule is CCOC(=O)c1c(C)[nH]c(C)c1-c1csc(-c2ccc(N(C)C)cc2)n1. The summed E-state index contributed by atoms with van der Waals surface area (Å²) in [5.41, 5.74) is 6.14. The number of hydrogen-bond acceptors (Lipinski definition) is 5. The number of thiazole rings is 1. The molecule has 0 amide bonds. The molecule has 3 rings (SSSR count). The van der Waals surface area contributed by atoms with Gasteiger partial charge in [0.2, 0.25) is 0 Å². The maximum atomic E-state index is 12.4. The van der Waals surface area contributed by atoms with Gasteiger partial charge < -0.3 is 14.6 Å². The highest BCUT2D eigenvalue weighted by Gasteiger charge is 2.23. The van der Waals surface area contributed by atoms with E-state index in [4.69, 9.17) is 9.72 Å². The number of anilines is 1. The van der Waals surface area contributed by atoms with Gasteiger partial charge in [-0.25, -0.2) is 9.78 Å². The molecule has 0 aliphatic carbocycles. The van der Waals surface area contributed by atoms with Gasteiger partial charge in [0.25, 0.3) is 0 Å². The minimum Gasteiger partial charge on any atom is -0.462 e. The van der Waals surface area contributed by atoms with Crippen LogP contribution in [-0.2, 0) is 4.74 Å². The second-order valence-corrected chi connectivity index (χ2v) is 7.18. The molecule has 0 saturated heterocycles. The third-order valence-electron chi connectivity index (χ3n) is 4.25. The Labute approximate surface area is 157 Å². The quantitative estimate of drug-likeness (QED) is 0.664. The van der Waals surface area contributed by atoms with Crippen LogP contribution in [0.1, 0.15) is 28.7 Å². The van der Waals surface area contributed by atoms with Crippen LogP contribution in [0, 0.1) is 13.8 Å². The molecule has 2 heterocycles. The van der Waals surface area contributed by atoms with Crippen molar-refractivity contribution in [2.75, 3.05) is 25.6 Å². The number of esters is 1. The second-order valence-electron chi connectivity index (χ2n) is 6.32. The van der Waals surface area contributed by atoms with Crippen LogP contribution in [0.25, 0.3) is 21.8 Å². The highest BCUT2D eigenvalue weighted by molar-refractivity contribution is 7.13. The Morgan fingerprint density at radius 3 is 2.50 bits per heavy atom. The van der Waals surface area contributed by atoms with E-state index in [1.165, 1.54) is 0 Å². The van der Waals surface area contributed by atoms with Gasteiger partial charge in [0, 0.05) is 47.7 Å². The Bertz CT molecular complexity index is 923. The normalized spacial score (nSPS) is 10.8. The summed E-state index contributed by atoms with van der Waals surface area (Å²) >= 11 is 1.57. The van der Waals surface area contributed by atoms with Gasteiger partial charge in [-0.05, 0) is 45.0 Å². The lowest BCUT2D eigenvalue weighted by Gasteiger charge is -2.12. The number of rotatable bonds is 5. The molecule has 0 bridgehead atoms. The average Bonchev–Trinajstić information content (AvgIpc) is 3.19. The zero-order valence-corrected chi connectivity index (χ0v) is 16.5. The van der Waals surface area contributed by atoms with Gasteiger partial charge in [-0.1, -0.05) is 0 Å². The van der Waals surface area contributed by atoms with Crippen LogP contribution in [0.3, 0.4) is 0 Å². The molecule has 0 spiro atoms. The first kappa shape index (κ1) is 18.2. The number of aromatic nitrogens is 2. The van der Waals surface area contributed by atoms with Gasteiger partial charge in [0.15, 0.2) is 0 Å². The van der Waals surface area contributed by atoms with E-state index in [0.29, 0.717) is 12.2 Å². The lowest BCUT2D eigenvalue weighted by atomic mass is 10.1. The lowest BCUT2D eigenvalue weighted by molar-refractivity contribution is 0.0526. The van der Waals surface area contributed by atoms with E-state index in [1.807, 2.05) is 40.2 Å². The highest BCUT2D eigenvalue weighted by Crippen LogP contribution is 2.34. The molecule has 0 radical (unpaired) electrons. The predicted molar refractivity (Wildman–Crippen MR) is 107 cm³/mol. The van der Waals surface area contributed by atoms with Crippen LogP contribution < -0.4 is 4.90 Å². The molecule has 2 aromatic heterocycles. The summed E-state index contributed by atoms with van der Waals surface area (Å²) in [5, 5.41) is 2.92. The number of nitrogens with one attached hydrogen (secondary N) is 1. The molecule has 0 unspecified atom stereocenters. The Hall–Kier alpha value is -2.60. The summed E-state index contributed by atoms with van der Waals surface area (Å²) in [6, 6.07) is 8.29. The maximum Gasteiger partial charge on any atom is 0.340 e. The van der Waals surface area contributed by atoms with Crippen molar-refractivity contribution < 1.29 is 9.53 Å². The minimum absolute atomic E-state index is 0.311. The van der Waals surface area contributed by atoms with Gasteiger partial charge >= 0.3 is 5.97 Å². The fourth-order valence-electron chi connectivity index (χ4n) is 2.98. The van der Waals surface area contributed by atoms with Crippen molar-refractivity contribution in [1.82, 2.24) is 9.97 Å². The molecule has 1 N–H and O–H groups in total. The number of nitrogens with zero attached hydrogens (tertiary/aromatic N) is 2. The zero-order valence-electron chi connectivity index (χ0n) is 15.7. The van der Waals surface area contributed by atoms with Gasteiger partial charge in [-0.3, -0.25) is 0 Å². The van der Waals surface area contributed by atoms with Crippen molar-refractivity contribution in [1.29, 1.82) is 0 Å². The maximum absolute atomic E-state index is 12.4. The van der Waals surface area contributed by atoms with Crippen LogP contribution in [0.2, 0.25) is 0 Å².